The van der Waals surface area contributed by atoms with E-state index in [1.54, 1.807) is 6.33 Å². The van der Waals surface area contributed by atoms with Gasteiger partial charge in [0.25, 0.3) is 0 Å². The van der Waals surface area contributed by atoms with E-state index in [1.165, 1.54) is 10.5 Å². The molecule has 2 aromatic carbocycles. The van der Waals surface area contributed by atoms with Crippen LogP contribution >= 0.6 is 11.8 Å². The molecule has 0 atom stereocenters. The lowest BCUT2D eigenvalue weighted by molar-refractivity contribution is 1.14. The van der Waals surface area contributed by atoms with E-state index in [2.05, 4.69) is 33.3 Å². The lowest BCUT2D eigenvalue weighted by atomic mass is 10.1. The summed E-state index contributed by atoms with van der Waals surface area (Å²) in [7, 11) is 0. The van der Waals surface area contributed by atoms with Gasteiger partial charge in [0, 0.05) is 27.3 Å². The number of hydrogen-bond donors (Lipinski definition) is 1. The highest BCUT2D eigenvalue weighted by atomic mass is 32.2. The van der Waals surface area contributed by atoms with Gasteiger partial charge in [-0.25, -0.2) is 9.97 Å². The zero-order valence-corrected chi connectivity index (χ0v) is 12.7. The van der Waals surface area contributed by atoms with Crippen molar-refractivity contribution in [1.29, 1.82) is 0 Å². The molecule has 0 bridgehead atoms. The Bertz CT molecular complexity index is 912. The van der Waals surface area contributed by atoms with Crippen LogP contribution in [0.4, 0.5) is 11.5 Å². The van der Waals surface area contributed by atoms with E-state index in [0.717, 1.165) is 40.1 Å². The first-order chi connectivity index (χ1) is 10.8. The number of benzene rings is 2. The predicted octanol–water partition coefficient (Wildman–Crippen LogP) is 4.00. The minimum Gasteiger partial charge on any atom is -0.340 e. The highest BCUT2D eigenvalue weighted by molar-refractivity contribution is 7.99. The summed E-state index contributed by atoms with van der Waals surface area (Å²) in [5.74, 6) is 4.62. The minimum absolute atomic E-state index is 0.846. The predicted molar refractivity (Wildman–Crippen MR) is 91.6 cm³/mol. The molecule has 0 amide bonds. The Morgan fingerprint density at radius 3 is 3.05 bits per heavy atom. The van der Waals surface area contributed by atoms with Crippen molar-refractivity contribution in [2.45, 2.75) is 11.3 Å². The van der Waals surface area contributed by atoms with Crippen molar-refractivity contribution < 1.29 is 0 Å². The summed E-state index contributed by atoms with van der Waals surface area (Å²) in [5.41, 5.74) is 4.12. The molecule has 0 fully saturated rings. The molecular formula is C18H13N3S. The van der Waals surface area contributed by atoms with Gasteiger partial charge < -0.3 is 5.32 Å². The van der Waals surface area contributed by atoms with Gasteiger partial charge in [-0.2, -0.15) is 0 Å². The van der Waals surface area contributed by atoms with Crippen molar-refractivity contribution >= 4 is 34.2 Å². The van der Waals surface area contributed by atoms with Crippen LogP contribution in [0.5, 0.6) is 0 Å². The molecule has 3 nitrogen and oxygen atoms in total. The first-order valence-corrected chi connectivity index (χ1v) is 8.07. The maximum Gasteiger partial charge on any atom is 0.142 e. The van der Waals surface area contributed by atoms with Gasteiger partial charge in [-0.05, 0) is 42.3 Å². The van der Waals surface area contributed by atoms with Gasteiger partial charge in [-0.1, -0.05) is 12.0 Å². The first-order valence-electron chi connectivity index (χ1n) is 7.08. The summed E-state index contributed by atoms with van der Waals surface area (Å²) >= 11 is 1.89. The van der Waals surface area contributed by atoms with Crippen molar-refractivity contribution in [3.63, 3.8) is 0 Å². The quantitative estimate of drug-likeness (QED) is 0.726. The summed E-state index contributed by atoms with van der Waals surface area (Å²) in [6.07, 6.45) is 8.13. The standard InChI is InChI=1S/C18H13N3S/c1-2-12-4-3-5-13(10-12)21-18-17-14-8-9-22-16(14)7-6-15(17)19-11-20-18/h1,3-7,10-11H,8-9H2,(H,19,20,21). The molecule has 3 aromatic rings. The summed E-state index contributed by atoms with van der Waals surface area (Å²) < 4.78 is 0. The number of fused-ring (bicyclic) bond motifs is 3. The zero-order chi connectivity index (χ0) is 14.9. The van der Waals surface area contributed by atoms with Gasteiger partial charge in [-0.3, -0.25) is 0 Å². The Morgan fingerprint density at radius 1 is 1.18 bits per heavy atom. The number of terminal acetylenes is 1. The Kier molecular flexibility index (Phi) is 3.21. The van der Waals surface area contributed by atoms with Crippen LogP contribution in [0, 0.1) is 12.3 Å². The topological polar surface area (TPSA) is 37.8 Å². The molecule has 0 saturated carbocycles. The average molecular weight is 303 g/mol. The van der Waals surface area contributed by atoms with Crippen LogP contribution in [0.2, 0.25) is 0 Å². The first kappa shape index (κ1) is 13.2. The SMILES string of the molecule is C#Cc1cccc(Nc2ncnc3ccc4c(c23)CCS4)c1. The molecule has 106 valence electrons. The molecule has 1 N–H and O–H groups in total. The number of thioether (sulfide) groups is 1. The maximum atomic E-state index is 5.47. The largest absolute Gasteiger partial charge is 0.340 e. The normalized spacial score (nSPS) is 12.9. The average Bonchev–Trinajstić information content (AvgIpc) is 3.04. The molecule has 22 heavy (non-hydrogen) atoms. The smallest absolute Gasteiger partial charge is 0.142 e. The Labute approximate surface area is 133 Å². The Hall–Kier alpha value is -2.51. The fourth-order valence-corrected chi connectivity index (χ4v) is 3.83. The highest BCUT2D eigenvalue weighted by Crippen LogP contribution is 2.38. The van der Waals surface area contributed by atoms with Gasteiger partial charge in [0.05, 0.1) is 5.52 Å². The highest BCUT2D eigenvalue weighted by Gasteiger charge is 2.18. The van der Waals surface area contributed by atoms with Gasteiger partial charge in [0.15, 0.2) is 0 Å². The number of rotatable bonds is 2. The van der Waals surface area contributed by atoms with Crippen LogP contribution in [0.15, 0.2) is 47.6 Å². The summed E-state index contributed by atoms with van der Waals surface area (Å²) in [6, 6.07) is 12.0. The van der Waals surface area contributed by atoms with Crippen LogP contribution in [-0.2, 0) is 6.42 Å². The van der Waals surface area contributed by atoms with E-state index in [4.69, 9.17) is 6.42 Å². The monoisotopic (exact) mass is 303 g/mol. The van der Waals surface area contributed by atoms with E-state index >= 15 is 0 Å². The van der Waals surface area contributed by atoms with Crippen LogP contribution in [0.3, 0.4) is 0 Å². The molecule has 0 saturated heterocycles. The van der Waals surface area contributed by atoms with E-state index in [0.29, 0.717) is 0 Å². The second-order valence-corrected chi connectivity index (χ2v) is 6.24. The molecule has 0 spiro atoms. The zero-order valence-electron chi connectivity index (χ0n) is 11.8. The number of aromatic nitrogens is 2. The molecule has 1 aliphatic heterocycles. The van der Waals surface area contributed by atoms with Crippen molar-refractivity contribution in [2.24, 2.45) is 0 Å². The Morgan fingerprint density at radius 2 is 2.14 bits per heavy atom. The number of nitrogens with one attached hydrogen (secondary N) is 1. The molecular weight excluding hydrogens is 290 g/mol. The lowest BCUT2D eigenvalue weighted by Crippen LogP contribution is -1.98. The van der Waals surface area contributed by atoms with Gasteiger partial charge in [0.1, 0.15) is 12.1 Å². The van der Waals surface area contributed by atoms with Gasteiger partial charge in [-0.15, -0.1) is 18.2 Å². The van der Waals surface area contributed by atoms with Gasteiger partial charge >= 0.3 is 0 Å². The van der Waals surface area contributed by atoms with E-state index < -0.39 is 0 Å². The molecule has 4 heteroatoms. The van der Waals surface area contributed by atoms with Crippen molar-refractivity contribution in [2.75, 3.05) is 11.1 Å². The van der Waals surface area contributed by atoms with Crippen molar-refractivity contribution in [3.05, 3.63) is 53.9 Å². The molecule has 2 heterocycles. The number of anilines is 2. The Balaban J connectivity index is 1.85. The molecule has 4 rings (SSSR count). The third-order valence-electron chi connectivity index (χ3n) is 3.77. The van der Waals surface area contributed by atoms with E-state index in [9.17, 15) is 0 Å². The third-order valence-corrected chi connectivity index (χ3v) is 4.87. The van der Waals surface area contributed by atoms with Crippen LogP contribution in [0.25, 0.3) is 10.9 Å². The van der Waals surface area contributed by atoms with Crippen molar-refractivity contribution in [3.8, 4) is 12.3 Å². The molecule has 0 unspecified atom stereocenters. The molecule has 0 aliphatic carbocycles. The summed E-state index contributed by atoms with van der Waals surface area (Å²) in [6.45, 7) is 0. The molecule has 0 radical (unpaired) electrons. The summed E-state index contributed by atoms with van der Waals surface area (Å²) in [5, 5.41) is 4.52. The summed E-state index contributed by atoms with van der Waals surface area (Å²) in [4.78, 5) is 10.2. The second-order valence-electron chi connectivity index (χ2n) is 5.11. The lowest BCUT2D eigenvalue weighted by Gasteiger charge is -2.11. The number of nitrogens with zero attached hydrogens (tertiary/aromatic N) is 2. The van der Waals surface area contributed by atoms with Crippen molar-refractivity contribution in [1.82, 2.24) is 9.97 Å². The number of hydrogen-bond acceptors (Lipinski definition) is 4. The molecule has 1 aromatic heterocycles. The minimum atomic E-state index is 0.846. The van der Waals surface area contributed by atoms with Crippen LogP contribution in [-0.4, -0.2) is 15.7 Å². The molecule has 1 aliphatic rings. The van der Waals surface area contributed by atoms with E-state index in [1.807, 2.05) is 36.0 Å². The fourth-order valence-electron chi connectivity index (χ4n) is 2.77. The number of aryl methyl sites for hydroxylation is 1. The second kappa shape index (κ2) is 5.36. The fraction of sp³-hybridized carbons (Fsp3) is 0.111. The maximum absolute atomic E-state index is 5.47. The van der Waals surface area contributed by atoms with E-state index in [-0.39, 0.29) is 0 Å². The van der Waals surface area contributed by atoms with Crippen LogP contribution < -0.4 is 5.32 Å². The van der Waals surface area contributed by atoms with Gasteiger partial charge in [0.2, 0.25) is 0 Å². The van der Waals surface area contributed by atoms with Crippen LogP contribution in [0.1, 0.15) is 11.1 Å². The third kappa shape index (κ3) is 2.20.